The van der Waals surface area contributed by atoms with E-state index in [1.807, 2.05) is 48.8 Å². The predicted molar refractivity (Wildman–Crippen MR) is 129 cm³/mol. The van der Waals surface area contributed by atoms with Crippen LogP contribution < -0.4 is 16.4 Å². The van der Waals surface area contributed by atoms with Crippen LogP contribution in [0.4, 0.5) is 17.5 Å². The molecule has 0 unspecified atom stereocenters. The van der Waals surface area contributed by atoms with Gasteiger partial charge in [0, 0.05) is 22.8 Å². The lowest BCUT2D eigenvalue weighted by Crippen LogP contribution is -2.33. The second-order valence-electron chi connectivity index (χ2n) is 8.32. The fraction of sp³-hybridized carbons (Fsp3) is 0.292. The number of nitrogens with two attached hydrogens (primary N) is 1. The van der Waals surface area contributed by atoms with Crippen molar-refractivity contribution in [1.29, 1.82) is 0 Å². The van der Waals surface area contributed by atoms with Crippen LogP contribution in [0.25, 0.3) is 11.2 Å². The molecule has 4 aromatic rings. The molecule has 1 aliphatic carbocycles. The van der Waals surface area contributed by atoms with Crippen LogP contribution in [-0.4, -0.2) is 31.6 Å². The molecule has 5 rings (SSSR count). The smallest absolute Gasteiger partial charge is 0.227 e. The topological polar surface area (TPSA) is 93.7 Å². The van der Waals surface area contributed by atoms with Crippen LogP contribution in [0.1, 0.15) is 31.2 Å². The third-order valence-electron chi connectivity index (χ3n) is 5.85. The van der Waals surface area contributed by atoms with Crippen molar-refractivity contribution in [2.75, 3.05) is 10.6 Å². The van der Waals surface area contributed by atoms with Gasteiger partial charge in [-0.15, -0.1) is 0 Å². The maximum Gasteiger partial charge on any atom is 0.227 e. The molecule has 0 radical (unpaired) electrons. The van der Waals surface area contributed by atoms with E-state index in [2.05, 4.69) is 32.3 Å². The van der Waals surface area contributed by atoms with Gasteiger partial charge in [-0.2, -0.15) is 9.97 Å². The predicted octanol–water partition coefficient (Wildman–Crippen LogP) is 4.95. The number of nitrogens with one attached hydrogen (secondary N) is 2. The summed E-state index contributed by atoms with van der Waals surface area (Å²) in [6.07, 6.45) is 5.88. The van der Waals surface area contributed by atoms with Crippen molar-refractivity contribution in [2.45, 2.75) is 44.3 Å². The van der Waals surface area contributed by atoms with Crippen LogP contribution in [0.15, 0.2) is 60.9 Å². The Kier molecular flexibility index (Phi) is 5.92. The number of halogens is 1. The zero-order valence-corrected chi connectivity index (χ0v) is 18.5. The maximum atomic E-state index is 6.18. The number of rotatable bonds is 6. The van der Waals surface area contributed by atoms with Gasteiger partial charge in [-0.25, -0.2) is 4.98 Å². The van der Waals surface area contributed by atoms with Crippen molar-refractivity contribution in [3.8, 4) is 0 Å². The Bertz CT molecular complexity index is 1200. The van der Waals surface area contributed by atoms with Gasteiger partial charge in [-0.05, 0) is 49.4 Å². The first-order chi connectivity index (χ1) is 15.6. The molecule has 164 valence electrons. The molecule has 0 spiro atoms. The first-order valence-electron chi connectivity index (χ1n) is 11.0. The molecule has 32 heavy (non-hydrogen) atoms. The average molecular weight is 448 g/mol. The minimum absolute atomic E-state index is 0.295. The maximum absolute atomic E-state index is 6.18. The third-order valence-corrected chi connectivity index (χ3v) is 6.09. The van der Waals surface area contributed by atoms with Crippen molar-refractivity contribution < 1.29 is 0 Å². The van der Waals surface area contributed by atoms with E-state index in [0.29, 0.717) is 35.4 Å². The molecule has 1 fully saturated rings. The van der Waals surface area contributed by atoms with E-state index in [4.69, 9.17) is 27.3 Å². The van der Waals surface area contributed by atoms with Crippen molar-refractivity contribution in [2.24, 2.45) is 5.73 Å². The molecule has 0 aliphatic heterocycles. The summed E-state index contributed by atoms with van der Waals surface area (Å²) in [5.74, 6) is 1.25. The van der Waals surface area contributed by atoms with Crippen molar-refractivity contribution in [3.63, 3.8) is 0 Å². The highest BCUT2D eigenvalue weighted by Gasteiger charge is 2.21. The fourth-order valence-corrected chi connectivity index (χ4v) is 4.33. The van der Waals surface area contributed by atoms with Crippen LogP contribution in [0.2, 0.25) is 5.02 Å². The lowest BCUT2D eigenvalue weighted by molar-refractivity contribution is 0.410. The number of imidazole rings is 1. The molecular weight excluding hydrogens is 422 g/mol. The van der Waals surface area contributed by atoms with Gasteiger partial charge in [0.2, 0.25) is 5.95 Å². The quantitative estimate of drug-likeness (QED) is 0.387. The third kappa shape index (κ3) is 4.69. The first kappa shape index (κ1) is 20.7. The number of benzene rings is 2. The van der Waals surface area contributed by atoms with E-state index in [1.54, 1.807) is 0 Å². The highest BCUT2D eigenvalue weighted by atomic mass is 35.5. The van der Waals surface area contributed by atoms with Crippen molar-refractivity contribution in [1.82, 2.24) is 19.5 Å². The number of aromatic nitrogens is 4. The lowest BCUT2D eigenvalue weighted by Gasteiger charge is -2.26. The molecule has 1 aliphatic rings. The van der Waals surface area contributed by atoms with E-state index >= 15 is 0 Å². The van der Waals surface area contributed by atoms with Crippen LogP contribution in [0, 0.1) is 0 Å². The Morgan fingerprint density at radius 3 is 2.59 bits per heavy atom. The number of hydrogen-bond acceptors (Lipinski definition) is 6. The molecule has 1 saturated carbocycles. The van der Waals surface area contributed by atoms with Crippen LogP contribution in [-0.2, 0) is 6.54 Å². The van der Waals surface area contributed by atoms with Gasteiger partial charge in [-0.3, -0.25) is 0 Å². The van der Waals surface area contributed by atoms with Crippen LogP contribution in [0.5, 0.6) is 0 Å². The van der Waals surface area contributed by atoms with Gasteiger partial charge in [0.15, 0.2) is 17.0 Å². The molecule has 8 heteroatoms. The number of anilines is 3. The summed E-state index contributed by atoms with van der Waals surface area (Å²) in [6, 6.07) is 18.5. The Hall–Kier alpha value is -3.16. The van der Waals surface area contributed by atoms with Crippen LogP contribution in [0.3, 0.4) is 0 Å². The molecular formula is C24H26ClN7. The summed E-state index contributed by atoms with van der Waals surface area (Å²) in [5.41, 5.74) is 9.61. The van der Waals surface area contributed by atoms with Crippen molar-refractivity contribution >= 4 is 40.2 Å². The Labute approximate surface area is 192 Å². The SMILES string of the molecule is NC1CCC(Nc2nc(Nc3cccc(Cl)c3)c3ncn(Cc4ccccc4)c3n2)CC1. The van der Waals surface area contributed by atoms with E-state index in [0.717, 1.165) is 42.5 Å². The largest absolute Gasteiger partial charge is 0.351 e. The Balaban J connectivity index is 1.51. The summed E-state index contributed by atoms with van der Waals surface area (Å²) in [7, 11) is 0. The van der Waals surface area contributed by atoms with E-state index in [9.17, 15) is 0 Å². The summed E-state index contributed by atoms with van der Waals surface area (Å²) >= 11 is 6.18. The molecule has 7 nitrogen and oxygen atoms in total. The molecule has 2 aromatic heterocycles. The van der Waals surface area contributed by atoms with E-state index in [1.165, 1.54) is 5.56 Å². The Morgan fingerprint density at radius 1 is 1.00 bits per heavy atom. The zero-order chi connectivity index (χ0) is 21.9. The zero-order valence-electron chi connectivity index (χ0n) is 17.7. The van der Waals surface area contributed by atoms with Gasteiger partial charge < -0.3 is 20.9 Å². The number of nitrogens with zero attached hydrogens (tertiary/aromatic N) is 4. The summed E-state index contributed by atoms with van der Waals surface area (Å²) in [5, 5.41) is 7.56. The summed E-state index contributed by atoms with van der Waals surface area (Å²) in [4.78, 5) is 14.3. The standard InChI is InChI=1S/C24H26ClN7/c25-17-7-4-8-20(13-17)28-22-21-23(32(15-27-21)14-16-5-2-1-3-6-16)31-24(30-22)29-19-11-9-18(26)10-12-19/h1-8,13,15,18-19H,9-12,14,26H2,(H2,28,29,30,31). The second kappa shape index (κ2) is 9.14. The Morgan fingerprint density at radius 2 is 1.81 bits per heavy atom. The minimum atomic E-state index is 0.295. The monoisotopic (exact) mass is 447 g/mol. The number of fused-ring (bicyclic) bond motifs is 1. The molecule has 0 amide bonds. The van der Waals surface area contributed by atoms with E-state index in [-0.39, 0.29) is 0 Å². The van der Waals surface area contributed by atoms with E-state index < -0.39 is 0 Å². The normalized spacial score (nSPS) is 18.6. The summed E-state index contributed by atoms with van der Waals surface area (Å²) < 4.78 is 2.05. The fourth-order valence-electron chi connectivity index (χ4n) is 4.14. The van der Waals surface area contributed by atoms with Gasteiger partial charge in [0.1, 0.15) is 0 Å². The highest BCUT2D eigenvalue weighted by molar-refractivity contribution is 6.30. The van der Waals surface area contributed by atoms with Gasteiger partial charge >= 0.3 is 0 Å². The second-order valence-corrected chi connectivity index (χ2v) is 8.75. The first-order valence-corrected chi connectivity index (χ1v) is 11.3. The van der Waals surface area contributed by atoms with Gasteiger partial charge in [0.05, 0.1) is 12.9 Å². The van der Waals surface area contributed by atoms with Crippen molar-refractivity contribution in [3.05, 3.63) is 71.5 Å². The molecule has 0 atom stereocenters. The molecule has 0 saturated heterocycles. The molecule has 2 aromatic carbocycles. The van der Waals surface area contributed by atoms with Crippen LogP contribution >= 0.6 is 11.6 Å². The molecule has 2 heterocycles. The lowest BCUT2D eigenvalue weighted by atomic mass is 9.92. The van der Waals surface area contributed by atoms with Gasteiger partial charge in [-0.1, -0.05) is 48.0 Å². The molecule has 0 bridgehead atoms. The highest BCUT2D eigenvalue weighted by Crippen LogP contribution is 2.27. The number of hydrogen-bond donors (Lipinski definition) is 3. The minimum Gasteiger partial charge on any atom is -0.351 e. The van der Waals surface area contributed by atoms with Gasteiger partial charge in [0.25, 0.3) is 0 Å². The average Bonchev–Trinajstić information content (AvgIpc) is 3.19. The molecule has 4 N–H and O–H groups in total. The summed E-state index contributed by atoms with van der Waals surface area (Å²) in [6.45, 7) is 0.683.